The minimum atomic E-state index is -1.13. The minimum Gasteiger partial charge on any atom is -0.445 e. The summed E-state index contributed by atoms with van der Waals surface area (Å²) in [5.74, 6) is -0.114. The highest BCUT2D eigenvalue weighted by Crippen LogP contribution is 2.32. The summed E-state index contributed by atoms with van der Waals surface area (Å²) < 4.78 is 11.0. The largest absolute Gasteiger partial charge is 0.445 e. The van der Waals surface area contributed by atoms with E-state index in [0.29, 0.717) is 32.5 Å². The van der Waals surface area contributed by atoms with E-state index in [1.165, 1.54) is 0 Å². The number of alkyl carbamates (subject to hydrolysis) is 1. The number of likely N-dealkylation sites (tertiary alicyclic amines) is 1. The second kappa shape index (κ2) is 12.5. The number of hydrogen-bond donors (Lipinski definition) is 1. The first-order valence-electron chi connectivity index (χ1n) is 14.0. The standard InChI is InChI=1S/C31H40N4O5/c1-21(2)19-35-25-14-10-9-13-24(25)26(23-15-17-34(18-16-23)30(38)40-31(3,4)5)32-27(28(35)36)33-29(37)39-20-22-11-7-6-8-12-22/h6-14,21,23,27H,15-20H2,1-5H3,(H,33,37)/t27-/m0/s1. The molecule has 1 fully saturated rings. The Morgan fingerprint density at radius 3 is 2.33 bits per heavy atom. The lowest BCUT2D eigenvalue weighted by molar-refractivity contribution is -0.120. The highest BCUT2D eigenvalue weighted by Gasteiger charge is 2.37. The molecular formula is C31H40N4O5. The van der Waals surface area contributed by atoms with Gasteiger partial charge in [0.1, 0.15) is 12.2 Å². The number of benzene rings is 2. The summed E-state index contributed by atoms with van der Waals surface area (Å²) in [6.07, 6.45) is -0.840. The summed E-state index contributed by atoms with van der Waals surface area (Å²) in [6, 6.07) is 17.1. The lowest BCUT2D eigenvalue weighted by Crippen LogP contribution is -2.48. The van der Waals surface area contributed by atoms with Crippen LogP contribution in [0.2, 0.25) is 0 Å². The molecule has 0 unspecified atom stereocenters. The fraction of sp³-hybridized carbons (Fsp3) is 0.484. The van der Waals surface area contributed by atoms with E-state index in [4.69, 9.17) is 14.5 Å². The van der Waals surface area contributed by atoms with Gasteiger partial charge in [0.2, 0.25) is 6.17 Å². The van der Waals surface area contributed by atoms with Crippen LogP contribution in [0.25, 0.3) is 0 Å². The molecule has 9 heteroatoms. The fourth-order valence-electron chi connectivity index (χ4n) is 4.97. The number of carbonyl (C=O) groups excluding carboxylic acids is 3. The number of para-hydroxylation sites is 1. The Balaban J connectivity index is 1.58. The molecule has 9 nitrogen and oxygen atoms in total. The van der Waals surface area contributed by atoms with E-state index in [9.17, 15) is 14.4 Å². The van der Waals surface area contributed by atoms with Crippen LogP contribution in [0.15, 0.2) is 59.6 Å². The molecule has 1 saturated heterocycles. The average molecular weight is 549 g/mol. The monoisotopic (exact) mass is 548 g/mol. The minimum absolute atomic E-state index is 0.00345. The van der Waals surface area contributed by atoms with Gasteiger partial charge < -0.3 is 19.3 Å². The number of amides is 3. The zero-order valence-corrected chi connectivity index (χ0v) is 24.1. The number of nitrogens with one attached hydrogen (secondary N) is 1. The molecule has 2 aliphatic heterocycles. The van der Waals surface area contributed by atoms with Crippen molar-refractivity contribution in [3.8, 4) is 0 Å². The normalized spacial score (nSPS) is 18.1. The number of anilines is 1. The van der Waals surface area contributed by atoms with Crippen molar-refractivity contribution in [3.63, 3.8) is 0 Å². The molecule has 2 heterocycles. The average Bonchev–Trinajstić information content (AvgIpc) is 3.02. The number of nitrogens with zero attached hydrogens (tertiary/aromatic N) is 3. The highest BCUT2D eigenvalue weighted by molar-refractivity contribution is 6.14. The molecule has 214 valence electrons. The fourth-order valence-corrected chi connectivity index (χ4v) is 4.97. The van der Waals surface area contributed by atoms with E-state index >= 15 is 0 Å². The summed E-state index contributed by atoms with van der Waals surface area (Å²) in [5.41, 5.74) is 2.68. The van der Waals surface area contributed by atoms with Crippen LogP contribution in [-0.2, 0) is 20.9 Å². The Labute approximate surface area is 236 Å². The third-order valence-electron chi connectivity index (χ3n) is 6.79. The SMILES string of the molecule is CC(C)CN1C(=O)[C@H](NC(=O)OCc2ccccc2)N=C(C2CCN(C(=O)OC(C)(C)C)CC2)c2ccccc21. The van der Waals surface area contributed by atoms with E-state index < -0.39 is 17.9 Å². The zero-order valence-electron chi connectivity index (χ0n) is 24.1. The maximum Gasteiger partial charge on any atom is 0.410 e. The highest BCUT2D eigenvalue weighted by atomic mass is 16.6. The van der Waals surface area contributed by atoms with Crippen LogP contribution in [0.5, 0.6) is 0 Å². The van der Waals surface area contributed by atoms with E-state index in [1.807, 2.05) is 89.2 Å². The maximum absolute atomic E-state index is 13.8. The van der Waals surface area contributed by atoms with Gasteiger partial charge in [0.05, 0.1) is 11.4 Å². The molecule has 40 heavy (non-hydrogen) atoms. The number of aliphatic imine (C=N–C) groups is 1. The van der Waals surface area contributed by atoms with Crippen molar-refractivity contribution in [1.29, 1.82) is 0 Å². The molecule has 2 aromatic rings. The van der Waals surface area contributed by atoms with Gasteiger partial charge in [0, 0.05) is 31.1 Å². The molecule has 1 N–H and O–H groups in total. The van der Waals surface area contributed by atoms with Crippen LogP contribution in [-0.4, -0.2) is 60.1 Å². The summed E-state index contributed by atoms with van der Waals surface area (Å²) in [6.45, 7) is 11.3. The quantitative estimate of drug-likeness (QED) is 0.523. The number of rotatable bonds is 6. The van der Waals surface area contributed by atoms with Crippen molar-refractivity contribution in [2.24, 2.45) is 16.8 Å². The van der Waals surface area contributed by atoms with Gasteiger partial charge in [0.15, 0.2) is 0 Å². The summed E-state index contributed by atoms with van der Waals surface area (Å²) in [7, 11) is 0. The lowest BCUT2D eigenvalue weighted by Gasteiger charge is -2.34. The van der Waals surface area contributed by atoms with Gasteiger partial charge in [-0.2, -0.15) is 0 Å². The molecule has 3 amide bonds. The predicted molar refractivity (Wildman–Crippen MR) is 154 cm³/mol. The third kappa shape index (κ3) is 7.40. The van der Waals surface area contributed by atoms with Crippen molar-refractivity contribution in [2.75, 3.05) is 24.5 Å². The molecule has 0 saturated carbocycles. The number of benzodiazepines with no additional fused rings is 1. The van der Waals surface area contributed by atoms with E-state index in [2.05, 4.69) is 5.32 Å². The van der Waals surface area contributed by atoms with Crippen LogP contribution in [0.4, 0.5) is 15.3 Å². The molecule has 4 rings (SSSR count). The van der Waals surface area contributed by atoms with Gasteiger partial charge >= 0.3 is 12.2 Å². The van der Waals surface area contributed by atoms with Gasteiger partial charge in [-0.25, -0.2) is 9.59 Å². The molecule has 1 atom stereocenters. The van der Waals surface area contributed by atoms with Gasteiger partial charge in [-0.1, -0.05) is 62.4 Å². The molecule has 0 aromatic heterocycles. The van der Waals surface area contributed by atoms with Crippen molar-refractivity contribution in [3.05, 3.63) is 65.7 Å². The maximum atomic E-state index is 13.8. The first-order chi connectivity index (χ1) is 19.0. The molecule has 2 aliphatic rings. The smallest absolute Gasteiger partial charge is 0.410 e. The van der Waals surface area contributed by atoms with Gasteiger partial charge in [-0.15, -0.1) is 0 Å². The summed E-state index contributed by atoms with van der Waals surface area (Å²) in [4.78, 5) is 47.6. The molecule has 0 bridgehead atoms. The Kier molecular flexibility index (Phi) is 9.12. The first-order valence-corrected chi connectivity index (χ1v) is 14.0. The molecule has 0 radical (unpaired) electrons. The van der Waals surface area contributed by atoms with E-state index in [-0.39, 0.29) is 30.4 Å². The predicted octanol–water partition coefficient (Wildman–Crippen LogP) is 5.38. The van der Waals surface area contributed by atoms with E-state index in [1.54, 1.807) is 9.80 Å². The van der Waals surface area contributed by atoms with Crippen molar-refractivity contribution < 1.29 is 23.9 Å². The Morgan fingerprint density at radius 1 is 1.02 bits per heavy atom. The van der Waals surface area contributed by atoms with Crippen LogP contribution in [0.3, 0.4) is 0 Å². The van der Waals surface area contributed by atoms with Crippen LogP contribution in [0.1, 0.15) is 58.6 Å². The zero-order chi connectivity index (χ0) is 28.9. The summed E-state index contributed by atoms with van der Waals surface area (Å²) in [5, 5.41) is 2.71. The van der Waals surface area contributed by atoms with Crippen LogP contribution in [0, 0.1) is 11.8 Å². The second-order valence-corrected chi connectivity index (χ2v) is 11.7. The second-order valence-electron chi connectivity index (χ2n) is 11.7. The Morgan fingerprint density at radius 2 is 1.68 bits per heavy atom. The molecular weight excluding hydrogens is 508 g/mol. The van der Waals surface area contributed by atoms with Gasteiger partial charge in [0.25, 0.3) is 5.91 Å². The summed E-state index contributed by atoms with van der Waals surface area (Å²) >= 11 is 0. The topological polar surface area (TPSA) is 101 Å². The molecule has 0 spiro atoms. The van der Waals surface area contributed by atoms with Gasteiger partial charge in [-0.3, -0.25) is 15.1 Å². The van der Waals surface area contributed by atoms with Crippen LogP contribution >= 0.6 is 0 Å². The van der Waals surface area contributed by atoms with Gasteiger partial charge in [-0.05, 0) is 51.2 Å². The van der Waals surface area contributed by atoms with Crippen molar-refractivity contribution >= 4 is 29.5 Å². The van der Waals surface area contributed by atoms with Crippen molar-refractivity contribution in [2.45, 2.75) is 65.8 Å². The van der Waals surface area contributed by atoms with E-state index in [0.717, 1.165) is 22.5 Å². The number of carbonyl (C=O) groups is 3. The van der Waals surface area contributed by atoms with Crippen LogP contribution < -0.4 is 10.2 Å². The van der Waals surface area contributed by atoms with Crippen molar-refractivity contribution in [1.82, 2.24) is 10.2 Å². The number of fused-ring (bicyclic) bond motifs is 1. The first kappa shape index (κ1) is 29.1. The Hall–Kier alpha value is -3.88. The Bertz CT molecular complexity index is 1230. The third-order valence-corrected chi connectivity index (χ3v) is 6.79. The molecule has 2 aromatic carbocycles. The number of piperidine rings is 1. The number of ether oxygens (including phenoxy) is 2. The number of hydrogen-bond acceptors (Lipinski definition) is 6. The molecule has 0 aliphatic carbocycles. The lowest BCUT2D eigenvalue weighted by atomic mass is 9.87.